The summed E-state index contributed by atoms with van der Waals surface area (Å²) in [6, 6.07) is 0.775. The summed E-state index contributed by atoms with van der Waals surface area (Å²) < 4.78 is 24.2. The van der Waals surface area contributed by atoms with E-state index in [1.54, 1.807) is 9.80 Å². The van der Waals surface area contributed by atoms with Crippen LogP contribution in [0.5, 0.6) is 0 Å². The van der Waals surface area contributed by atoms with Crippen LogP contribution in [0.1, 0.15) is 38.5 Å². The maximum absolute atomic E-state index is 12.1. The Labute approximate surface area is 117 Å². The summed E-state index contributed by atoms with van der Waals surface area (Å²) in [6.07, 6.45) is 7.82. The van der Waals surface area contributed by atoms with Crippen LogP contribution in [0.2, 0.25) is 0 Å². The van der Waals surface area contributed by atoms with Crippen LogP contribution >= 0.6 is 0 Å². The summed E-state index contributed by atoms with van der Waals surface area (Å²) in [4.78, 5) is 3.19. The summed E-state index contributed by atoms with van der Waals surface area (Å²) >= 11 is 0. The van der Waals surface area contributed by atoms with Gasteiger partial charge in [0.2, 0.25) is 0 Å². The van der Waals surface area contributed by atoms with Crippen LogP contribution in [0.25, 0.3) is 0 Å². The van der Waals surface area contributed by atoms with E-state index in [9.17, 15) is 8.42 Å². The SMILES string of the molecule is O=S1(=O)C[C@@H]([NH+]2CCCCC2)[C@H]([NH+]2CCCCC2)C1. The Morgan fingerprint density at radius 1 is 0.632 bits per heavy atom. The van der Waals surface area contributed by atoms with Gasteiger partial charge in [-0.05, 0) is 38.5 Å². The number of sulfone groups is 1. The van der Waals surface area contributed by atoms with Gasteiger partial charge < -0.3 is 9.80 Å². The molecule has 0 radical (unpaired) electrons. The quantitative estimate of drug-likeness (QED) is 0.635. The van der Waals surface area contributed by atoms with E-state index in [1.165, 1.54) is 64.7 Å². The molecular formula is C14H28N2O2S+2. The molecule has 3 saturated heterocycles. The Morgan fingerprint density at radius 3 is 1.37 bits per heavy atom. The summed E-state index contributed by atoms with van der Waals surface area (Å²) in [7, 11) is -2.78. The zero-order chi connectivity index (χ0) is 13.3. The van der Waals surface area contributed by atoms with Gasteiger partial charge in [0.15, 0.2) is 21.9 Å². The molecule has 4 nitrogen and oxygen atoms in total. The lowest BCUT2D eigenvalue weighted by Crippen LogP contribution is -3.26. The zero-order valence-corrected chi connectivity index (χ0v) is 12.7. The molecule has 5 heteroatoms. The lowest BCUT2D eigenvalue weighted by Gasteiger charge is -2.36. The van der Waals surface area contributed by atoms with Crippen LogP contribution in [-0.4, -0.2) is 58.2 Å². The number of piperidine rings is 2. The number of hydrogen-bond donors (Lipinski definition) is 2. The van der Waals surface area contributed by atoms with E-state index < -0.39 is 9.84 Å². The molecule has 110 valence electrons. The van der Waals surface area contributed by atoms with Crippen molar-refractivity contribution < 1.29 is 18.2 Å². The normalized spacial score (nSPS) is 37.5. The van der Waals surface area contributed by atoms with Crippen molar-refractivity contribution in [3.63, 3.8) is 0 Å². The Kier molecular flexibility index (Phi) is 4.15. The first-order valence-corrected chi connectivity index (χ1v) is 9.87. The number of rotatable bonds is 2. The molecule has 0 saturated carbocycles. The van der Waals surface area contributed by atoms with Crippen molar-refractivity contribution >= 4 is 9.84 Å². The van der Waals surface area contributed by atoms with Gasteiger partial charge in [-0.2, -0.15) is 0 Å². The fourth-order valence-electron chi connectivity index (χ4n) is 4.41. The molecule has 0 aromatic carbocycles. The molecule has 3 aliphatic heterocycles. The second-order valence-corrected chi connectivity index (χ2v) is 8.88. The Morgan fingerprint density at radius 2 is 1.00 bits per heavy atom. The maximum Gasteiger partial charge on any atom is 0.162 e. The molecule has 19 heavy (non-hydrogen) atoms. The molecule has 0 spiro atoms. The fraction of sp³-hybridized carbons (Fsp3) is 1.00. The minimum absolute atomic E-state index is 0.387. The van der Waals surface area contributed by atoms with Gasteiger partial charge in [-0.15, -0.1) is 0 Å². The van der Waals surface area contributed by atoms with Crippen LogP contribution < -0.4 is 9.80 Å². The predicted molar refractivity (Wildman–Crippen MR) is 75.3 cm³/mol. The minimum Gasteiger partial charge on any atom is -0.327 e. The largest absolute Gasteiger partial charge is 0.327 e. The molecule has 0 bridgehead atoms. The average Bonchev–Trinajstić information content (AvgIpc) is 2.77. The molecular weight excluding hydrogens is 260 g/mol. The second-order valence-electron chi connectivity index (χ2n) is 6.73. The van der Waals surface area contributed by atoms with Crippen molar-refractivity contribution in [2.45, 2.75) is 50.6 Å². The molecule has 0 aromatic rings. The first-order chi connectivity index (χ1) is 9.16. The van der Waals surface area contributed by atoms with Crippen LogP contribution in [0.15, 0.2) is 0 Å². The average molecular weight is 288 g/mol. The summed E-state index contributed by atoms with van der Waals surface area (Å²) in [5.41, 5.74) is 0. The smallest absolute Gasteiger partial charge is 0.162 e. The van der Waals surface area contributed by atoms with E-state index in [4.69, 9.17) is 0 Å². The van der Waals surface area contributed by atoms with E-state index in [0.29, 0.717) is 23.6 Å². The second kappa shape index (κ2) is 5.70. The van der Waals surface area contributed by atoms with Crippen molar-refractivity contribution in [2.75, 3.05) is 37.7 Å². The standard InChI is InChI=1S/C14H26N2O2S/c17-19(18)11-13(15-7-3-1-4-8-15)14(12-19)16-9-5-2-6-10-16/h13-14H,1-12H2/p+2/t13-,14-/m1/s1. The monoisotopic (exact) mass is 288 g/mol. The number of nitrogens with one attached hydrogen (secondary N) is 2. The van der Waals surface area contributed by atoms with Crippen LogP contribution in [-0.2, 0) is 9.84 Å². The highest BCUT2D eigenvalue weighted by Crippen LogP contribution is 2.11. The lowest BCUT2D eigenvalue weighted by atomic mass is 10.0. The molecule has 3 fully saturated rings. The van der Waals surface area contributed by atoms with Crippen molar-refractivity contribution in [3.05, 3.63) is 0 Å². The van der Waals surface area contributed by atoms with Gasteiger partial charge in [-0.3, -0.25) is 0 Å². The number of hydrogen-bond acceptors (Lipinski definition) is 2. The third-order valence-electron chi connectivity index (χ3n) is 5.39. The highest BCUT2D eigenvalue weighted by molar-refractivity contribution is 7.91. The first kappa shape index (κ1) is 13.8. The van der Waals surface area contributed by atoms with Gasteiger partial charge in [-0.1, -0.05) is 0 Å². The van der Waals surface area contributed by atoms with E-state index in [0.717, 1.165) is 0 Å². The van der Waals surface area contributed by atoms with Crippen LogP contribution in [0.4, 0.5) is 0 Å². The molecule has 2 N–H and O–H groups in total. The van der Waals surface area contributed by atoms with Gasteiger partial charge >= 0.3 is 0 Å². The first-order valence-electron chi connectivity index (χ1n) is 8.05. The number of quaternary nitrogens is 2. The van der Waals surface area contributed by atoms with Gasteiger partial charge in [0.1, 0.15) is 11.5 Å². The van der Waals surface area contributed by atoms with Crippen molar-refractivity contribution in [3.8, 4) is 0 Å². The molecule has 0 aromatic heterocycles. The van der Waals surface area contributed by atoms with Gasteiger partial charge in [-0.25, -0.2) is 8.42 Å². The summed E-state index contributed by atoms with van der Waals surface area (Å²) in [5, 5.41) is 0. The molecule has 0 amide bonds. The topological polar surface area (TPSA) is 43.0 Å². The molecule has 2 atom stereocenters. The van der Waals surface area contributed by atoms with Gasteiger partial charge in [0.05, 0.1) is 26.2 Å². The maximum atomic E-state index is 12.1. The van der Waals surface area contributed by atoms with Gasteiger partial charge in [0, 0.05) is 0 Å². The van der Waals surface area contributed by atoms with Crippen LogP contribution in [0.3, 0.4) is 0 Å². The lowest BCUT2D eigenvalue weighted by molar-refractivity contribution is -0.993. The van der Waals surface area contributed by atoms with Crippen molar-refractivity contribution in [1.82, 2.24) is 0 Å². The highest BCUT2D eigenvalue weighted by Gasteiger charge is 2.49. The number of likely N-dealkylation sites (tertiary alicyclic amines) is 2. The fourth-order valence-corrected chi connectivity index (χ4v) is 6.57. The summed E-state index contributed by atoms with van der Waals surface area (Å²) in [5.74, 6) is 0.910. The highest BCUT2D eigenvalue weighted by atomic mass is 32.2. The third-order valence-corrected chi connectivity index (χ3v) is 7.13. The minimum atomic E-state index is -2.78. The van der Waals surface area contributed by atoms with Crippen LogP contribution in [0, 0.1) is 0 Å². The molecule has 3 heterocycles. The van der Waals surface area contributed by atoms with E-state index in [1.807, 2.05) is 0 Å². The third kappa shape index (κ3) is 3.14. The van der Waals surface area contributed by atoms with Crippen molar-refractivity contribution in [2.24, 2.45) is 0 Å². The molecule has 0 unspecified atom stereocenters. The summed E-state index contributed by atoms with van der Waals surface area (Å²) in [6.45, 7) is 4.79. The Bertz CT molecular complexity index is 366. The van der Waals surface area contributed by atoms with E-state index >= 15 is 0 Å². The zero-order valence-electron chi connectivity index (χ0n) is 11.9. The molecule has 3 rings (SSSR count). The molecule has 0 aliphatic carbocycles. The van der Waals surface area contributed by atoms with Gasteiger partial charge in [0.25, 0.3) is 0 Å². The molecule has 3 aliphatic rings. The predicted octanol–water partition coefficient (Wildman–Crippen LogP) is -1.71. The van der Waals surface area contributed by atoms with E-state index in [-0.39, 0.29) is 0 Å². The van der Waals surface area contributed by atoms with E-state index in [2.05, 4.69) is 0 Å². The Hall–Kier alpha value is -0.130. The Balaban J connectivity index is 1.74. The van der Waals surface area contributed by atoms with Crippen molar-refractivity contribution in [1.29, 1.82) is 0 Å².